The van der Waals surface area contributed by atoms with E-state index in [0.717, 1.165) is 28.8 Å². The van der Waals surface area contributed by atoms with Gasteiger partial charge in [0.15, 0.2) is 0 Å². The summed E-state index contributed by atoms with van der Waals surface area (Å²) >= 11 is 5.96. The summed E-state index contributed by atoms with van der Waals surface area (Å²) in [5, 5.41) is 6.97. The highest BCUT2D eigenvalue weighted by atomic mass is 35.5. The monoisotopic (exact) mass is 544 g/mol. The van der Waals surface area contributed by atoms with E-state index in [9.17, 15) is 9.59 Å². The Morgan fingerprint density at radius 3 is 2.64 bits per heavy atom. The maximum absolute atomic E-state index is 13.3. The number of hydrogen-bond acceptors (Lipinski definition) is 6. The van der Waals surface area contributed by atoms with Crippen molar-refractivity contribution in [3.05, 3.63) is 112 Å². The van der Waals surface area contributed by atoms with Crippen molar-refractivity contribution < 1.29 is 14.3 Å². The zero-order chi connectivity index (χ0) is 27.2. The van der Waals surface area contributed by atoms with E-state index in [0.29, 0.717) is 36.0 Å². The van der Waals surface area contributed by atoms with Crippen LogP contribution in [-0.2, 0) is 24.3 Å². The highest BCUT2D eigenvalue weighted by molar-refractivity contribution is 6.30. The molecule has 0 aliphatic carbocycles. The molecule has 200 valence electrons. The summed E-state index contributed by atoms with van der Waals surface area (Å²) in [4.78, 5) is 33.8. The molecule has 4 N–H and O–H groups in total. The smallest absolute Gasteiger partial charge is 0.255 e. The first-order valence-electron chi connectivity index (χ1n) is 12.7. The molecule has 0 bridgehead atoms. The minimum atomic E-state index is -0.882. The van der Waals surface area contributed by atoms with Crippen LogP contribution in [0.25, 0.3) is 0 Å². The summed E-state index contributed by atoms with van der Waals surface area (Å²) in [5.41, 5.74) is 9.89. The highest BCUT2D eigenvalue weighted by Gasteiger charge is 2.28. The van der Waals surface area contributed by atoms with E-state index in [-0.39, 0.29) is 12.5 Å². The number of amides is 2. The van der Waals surface area contributed by atoms with Crippen molar-refractivity contribution >= 4 is 23.4 Å². The van der Waals surface area contributed by atoms with Crippen LogP contribution in [0.15, 0.2) is 79.5 Å². The lowest BCUT2D eigenvalue weighted by Gasteiger charge is -2.28. The van der Waals surface area contributed by atoms with Crippen molar-refractivity contribution in [3.63, 3.8) is 0 Å². The number of benzene rings is 2. The summed E-state index contributed by atoms with van der Waals surface area (Å²) in [6, 6.07) is 15.6. The number of carbonyl (C=O) groups excluding carboxylic acids is 2. The van der Waals surface area contributed by atoms with Gasteiger partial charge in [-0.25, -0.2) is 4.98 Å². The van der Waals surface area contributed by atoms with Crippen LogP contribution in [-0.4, -0.2) is 39.0 Å². The standard InChI is InChI=1S/C29H29ClN6O3/c30-21-6-4-19(5-7-21)14-26(28(31)37)35-29(38)24-3-1-2-23-25(10-13-39-27(23)24)34-16-22-15-33-18-36(22)17-20-8-11-32-12-9-20/h1-9,11-12,15,18,25-26,34H,10,13-14,16-17H2,(H2,31,37)(H,35,38). The van der Waals surface area contributed by atoms with Gasteiger partial charge in [-0.05, 0) is 41.5 Å². The first-order chi connectivity index (χ1) is 19.0. The molecule has 2 aromatic carbocycles. The Hall–Kier alpha value is -4.21. The molecular weight excluding hydrogens is 516 g/mol. The van der Waals surface area contributed by atoms with Gasteiger partial charge in [-0.2, -0.15) is 0 Å². The van der Waals surface area contributed by atoms with Crippen LogP contribution in [0, 0.1) is 0 Å². The molecule has 2 aromatic heterocycles. The van der Waals surface area contributed by atoms with E-state index in [1.807, 2.05) is 36.8 Å². The Bertz CT molecular complexity index is 1440. The average Bonchev–Trinajstić information content (AvgIpc) is 3.39. The molecule has 2 unspecified atom stereocenters. The summed E-state index contributed by atoms with van der Waals surface area (Å²) < 4.78 is 8.06. The van der Waals surface area contributed by atoms with Gasteiger partial charge in [-0.1, -0.05) is 35.9 Å². The molecule has 0 fully saturated rings. The van der Waals surface area contributed by atoms with E-state index < -0.39 is 17.9 Å². The molecule has 2 amide bonds. The lowest BCUT2D eigenvalue weighted by molar-refractivity contribution is -0.119. The number of ether oxygens (including phenoxy) is 1. The van der Waals surface area contributed by atoms with E-state index in [1.54, 1.807) is 42.7 Å². The van der Waals surface area contributed by atoms with Gasteiger partial charge >= 0.3 is 0 Å². The molecule has 10 heteroatoms. The second-order valence-corrected chi connectivity index (χ2v) is 9.86. The summed E-state index contributed by atoms with van der Waals surface area (Å²) in [6.45, 7) is 1.75. The predicted octanol–water partition coefficient (Wildman–Crippen LogP) is 3.42. The van der Waals surface area contributed by atoms with E-state index >= 15 is 0 Å². The second-order valence-electron chi connectivity index (χ2n) is 9.42. The number of fused-ring (bicyclic) bond motifs is 1. The lowest BCUT2D eigenvalue weighted by atomic mass is 9.96. The number of pyridine rings is 1. The maximum Gasteiger partial charge on any atom is 0.255 e. The molecule has 39 heavy (non-hydrogen) atoms. The normalized spacial score (nSPS) is 15.2. The summed E-state index contributed by atoms with van der Waals surface area (Å²) in [5.74, 6) is -0.522. The molecule has 0 spiro atoms. The van der Waals surface area contributed by atoms with Crippen LogP contribution in [0.4, 0.5) is 0 Å². The first-order valence-corrected chi connectivity index (χ1v) is 13.1. The Balaban J connectivity index is 1.28. The summed E-state index contributed by atoms with van der Waals surface area (Å²) in [6.07, 6.45) is 8.23. The minimum Gasteiger partial charge on any atom is -0.492 e. The predicted molar refractivity (Wildman–Crippen MR) is 147 cm³/mol. The summed E-state index contributed by atoms with van der Waals surface area (Å²) in [7, 11) is 0. The van der Waals surface area contributed by atoms with Crippen LogP contribution in [0.5, 0.6) is 5.75 Å². The fourth-order valence-corrected chi connectivity index (χ4v) is 4.81. The SMILES string of the molecule is NC(=O)C(Cc1ccc(Cl)cc1)NC(=O)c1cccc2c1OCCC2NCc1cncn1Cc1ccncc1. The number of halogens is 1. The highest BCUT2D eigenvalue weighted by Crippen LogP contribution is 2.35. The zero-order valence-corrected chi connectivity index (χ0v) is 22.0. The Morgan fingerprint density at radius 2 is 1.87 bits per heavy atom. The quantitative estimate of drug-likeness (QED) is 0.281. The molecule has 0 saturated heterocycles. The van der Waals surface area contributed by atoms with Crippen molar-refractivity contribution in [2.24, 2.45) is 5.73 Å². The van der Waals surface area contributed by atoms with E-state index in [4.69, 9.17) is 22.1 Å². The third-order valence-electron chi connectivity index (χ3n) is 6.75. The fourth-order valence-electron chi connectivity index (χ4n) is 4.68. The molecule has 5 rings (SSSR count). The minimum absolute atomic E-state index is 0.0215. The number of carbonyl (C=O) groups is 2. The molecule has 2 atom stereocenters. The Labute approximate surface area is 231 Å². The molecule has 1 aliphatic rings. The number of nitrogens with two attached hydrogens (primary N) is 1. The van der Waals surface area contributed by atoms with Gasteiger partial charge in [0.1, 0.15) is 11.8 Å². The number of hydrogen-bond donors (Lipinski definition) is 3. The number of aromatic nitrogens is 3. The van der Waals surface area contributed by atoms with Crippen molar-refractivity contribution in [3.8, 4) is 5.75 Å². The average molecular weight is 545 g/mol. The number of para-hydroxylation sites is 1. The molecule has 1 aliphatic heterocycles. The van der Waals surface area contributed by atoms with Crippen molar-refractivity contribution in [2.75, 3.05) is 6.61 Å². The Morgan fingerprint density at radius 1 is 1.08 bits per heavy atom. The third-order valence-corrected chi connectivity index (χ3v) is 7.00. The molecular formula is C29H29ClN6O3. The van der Waals surface area contributed by atoms with Gasteiger partial charge in [0.2, 0.25) is 5.91 Å². The van der Waals surface area contributed by atoms with Gasteiger partial charge in [0.05, 0.1) is 24.2 Å². The molecule has 0 saturated carbocycles. The molecule has 9 nitrogen and oxygen atoms in total. The van der Waals surface area contributed by atoms with Gasteiger partial charge in [-0.15, -0.1) is 0 Å². The second kappa shape index (κ2) is 12.1. The van der Waals surface area contributed by atoms with E-state index in [1.165, 1.54) is 0 Å². The zero-order valence-electron chi connectivity index (χ0n) is 21.2. The van der Waals surface area contributed by atoms with Gasteiger partial charge in [-0.3, -0.25) is 14.6 Å². The Kier molecular flexibility index (Phi) is 8.19. The van der Waals surface area contributed by atoms with Crippen molar-refractivity contribution in [1.82, 2.24) is 25.2 Å². The van der Waals surface area contributed by atoms with Crippen LogP contribution < -0.4 is 21.1 Å². The van der Waals surface area contributed by atoms with E-state index in [2.05, 4.69) is 25.2 Å². The van der Waals surface area contributed by atoms with Crippen molar-refractivity contribution in [1.29, 1.82) is 0 Å². The largest absolute Gasteiger partial charge is 0.492 e. The van der Waals surface area contributed by atoms with Crippen LogP contribution in [0.2, 0.25) is 5.02 Å². The van der Waals surface area contributed by atoms with Crippen molar-refractivity contribution in [2.45, 2.75) is 38.0 Å². The van der Waals surface area contributed by atoms with Crippen LogP contribution >= 0.6 is 11.6 Å². The number of nitrogens with zero attached hydrogens (tertiary/aromatic N) is 3. The van der Waals surface area contributed by atoms with Gasteiger partial charge < -0.3 is 25.7 Å². The van der Waals surface area contributed by atoms with Crippen LogP contribution in [0.3, 0.4) is 0 Å². The van der Waals surface area contributed by atoms with Gasteiger partial charge in [0, 0.05) is 61.1 Å². The molecule has 0 radical (unpaired) electrons. The number of rotatable bonds is 10. The molecule has 4 aromatic rings. The van der Waals surface area contributed by atoms with Crippen LogP contribution in [0.1, 0.15) is 45.2 Å². The maximum atomic E-state index is 13.3. The van der Waals surface area contributed by atoms with Gasteiger partial charge in [0.25, 0.3) is 5.91 Å². The number of primary amides is 1. The number of imidazole rings is 1. The molecule has 3 heterocycles. The topological polar surface area (TPSA) is 124 Å². The third kappa shape index (κ3) is 6.45. The first kappa shape index (κ1) is 26.4. The lowest BCUT2D eigenvalue weighted by Crippen LogP contribution is -2.46. The number of nitrogens with one attached hydrogen (secondary N) is 2. The fraction of sp³-hybridized carbons (Fsp3) is 0.241.